The van der Waals surface area contributed by atoms with E-state index < -0.39 is 9.84 Å². The van der Waals surface area contributed by atoms with Gasteiger partial charge in [0.05, 0.1) is 9.79 Å². The first-order valence-corrected chi connectivity index (χ1v) is 7.08. The fourth-order valence-corrected chi connectivity index (χ4v) is 3.84. The van der Waals surface area contributed by atoms with Crippen molar-refractivity contribution in [3.8, 4) is 0 Å². The largest absolute Gasteiger partial charge is 0.399 e. The van der Waals surface area contributed by atoms with E-state index in [0.717, 1.165) is 0 Å². The average Bonchev–Trinajstić information content (AvgIpc) is 2.28. The third-order valence-electron chi connectivity index (χ3n) is 2.80. The minimum absolute atomic E-state index is 0.306. The summed E-state index contributed by atoms with van der Waals surface area (Å²) in [7, 11) is -3.47. The Morgan fingerprint density at radius 2 is 1.44 bits per heavy atom. The molecule has 0 aromatic heterocycles. The third-order valence-corrected chi connectivity index (χ3v) is 4.88. The van der Waals surface area contributed by atoms with Crippen LogP contribution in [-0.2, 0) is 9.84 Å². The number of hydrogen-bond donors (Lipinski definition) is 1. The summed E-state index contributed by atoms with van der Waals surface area (Å²) in [5.41, 5.74) is 7.65. The molecule has 0 saturated carbocycles. The molecule has 94 valence electrons. The van der Waals surface area contributed by atoms with Crippen molar-refractivity contribution in [3.05, 3.63) is 53.6 Å². The van der Waals surface area contributed by atoms with Crippen molar-refractivity contribution in [2.24, 2.45) is 0 Å². The highest BCUT2D eigenvalue weighted by Gasteiger charge is 2.21. The van der Waals surface area contributed by atoms with Crippen molar-refractivity contribution in [2.75, 3.05) is 5.73 Å². The Labute approximate surface area is 107 Å². The number of nitrogen functional groups attached to an aromatic ring is 1. The van der Waals surface area contributed by atoms with Gasteiger partial charge in [-0.1, -0.05) is 18.2 Å². The van der Waals surface area contributed by atoms with E-state index in [1.807, 2.05) is 0 Å². The van der Waals surface area contributed by atoms with Gasteiger partial charge < -0.3 is 5.73 Å². The summed E-state index contributed by atoms with van der Waals surface area (Å²) in [6.45, 7) is 3.53. The van der Waals surface area contributed by atoms with Gasteiger partial charge in [0, 0.05) is 5.69 Å². The molecule has 0 aliphatic carbocycles. The second-order valence-corrected chi connectivity index (χ2v) is 6.19. The maximum Gasteiger partial charge on any atom is 0.207 e. The Bertz CT molecular complexity index is 653. The molecule has 2 aromatic carbocycles. The maximum atomic E-state index is 12.5. The van der Waals surface area contributed by atoms with Crippen LogP contribution >= 0.6 is 0 Å². The van der Waals surface area contributed by atoms with E-state index in [2.05, 4.69) is 0 Å². The van der Waals surface area contributed by atoms with Gasteiger partial charge in [-0.05, 0) is 49.2 Å². The number of hydrogen-bond acceptors (Lipinski definition) is 3. The second kappa shape index (κ2) is 4.46. The van der Waals surface area contributed by atoms with Crippen LogP contribution in [0.2, 0.25) is 0 Å². The van der Waals surface area contributed by atoms with Crippen LogP contribution in [0.4, 0.5) is 5.69 Å². The van der Waals surface area contributed by atoms with Gasteiger partial charge in [0.1, 0.15) is 0 Å². The molecule has 3 nitrogen and oxygen atoms in total. The van der Waals surface area contributed by atoms with E-state index in [9.17, 15) is 8.42 Å². The first-order chi connectivity index (χ1) is 8.43. The lowest BCUT2D eigenvalue weighted by Gasteiger charge is -2.12. The summed E-state index contributed by atoms with van der Waals surface area (Å²) in [6, 6.07) is 11.8. The fraction of sp³-hybridized carbons (Fsp3) is 0.143. The van der Waals surface area contributed by atoms with Crippen LogP contribution in [0.15, 0.2) is 52.3 Å². The summed E-state index contributed by atoms with van der Waals surface area (Å²) >= 11 is 0. The van der Waals surface area contributed by atoms with Crippen LogP contribution in [0.5, 0.6) is 0 Å². The molecule has 0 atom stereocenters. The van der Waals surface area contributed by atoms with Gasteiger partial charge in [0.2, 0.25) is 9.84 Å². The van der Waals surface area contributed by atoms with Crippen LogP contribution in [0.1, 0.15) is 11.1 Å². The molecule has 0 saturated heterocycles. The predicted molar refractivity (Wildman–Crippen MR) is 72.2 cm³/mol. The molecule has 0 aliphatic rings. The first kappa shape index (κ1) is 12.6. The van der Waals surface area contributed by atoms with Crippen molar-refractivity contribution in [2.45, 2.75) is 23.6 Å². The zero-order valence-corrected chi connectivity index (χ0v) is 11.2. The molecule has 18 heavy (non-hydrogen) atoms. The van der Waals surface area contributed by atoms with Gasteiger partial charge >= 0.3 is 0 Å². The lowest BCUT2D eigenvalue weighted by molar-refractivity contribution is 0.595. The predicted octanol–water partition coefficient (Wildman–Crippen LogP) is 2.72. The van der Waals surface area contributed by atoms with Gasteiger partial charge in [-0.3, -0.25) is 0 Å². The Morgan fingerprint density at radius 1 is 0.944 bits per heavy atom. The zero-order chi connectivity index (χ0) is 13.3. The maximum absolute atomic E-state index is 12.5. The number of benzene rings is 2. The van der Waals surface area contributed by atoms with E-state index >= 15 is 0 Å². The van der Waals surface area contributed by atoms with E-state index in [0.29, 0.717) is 26.6 Å². The molecule has 0 radical (unpaired) electrons. The first-order valence-electron chi connectivity index (χ1n) is 5.60. The second-order valence-electron chi connectivity index (χ2n) is 4.30. The number of nitrogens with two attached hydrogens (primary N) is 1. The normalized spacial score (nSPS) is 11.4. The lowest BCUT2D eigenvalue weighted by Crippen LogP contribution is -2.07. The van der Waals surface area contributed by atoms with Gasteiger partial charge in [0.15, 0.2) is 0 Å². The number of sulfone groups is 1. The van der Waals surface area contributed by atoms with Gasteiger partial charge in [-0.2, -0.15) is 0 Å². The number of rotatable bonds is 2. The van der Waals surface area contributed by atoms with Crippen LogP contribution in [0, 0.1) is 13.8 Å². The Hall–Kier alpha value is -1.81. The van der Waals surface area contributed by atoms with Crippen LogP contribution in [0.25, 0.3) is 0 Å². The molecular weight excluding hydrogens is 246 g/mol. The fourth-order valence-electron chi connectivity index (χ4n) is 2.13. The Morgan fingerprint density at radius 3 is 1.94 bits per heavy atom. The van der Waals surface area contributed by atoms with Crippen molar-refractivity contribution in [1.82, 2.24) is 0 Å². The minimum Gasteiger partial charge on any atom is -0.399 e. The molecule has 0 aliphatic heterocycles. The highest BCUT2D eigenvalue weighted by atomic mass is 32.2. The Balaban J connectivity index is 2.70. The molecule has 0 unspecified atom stereocenters. The standard InChI is InChI=1S/C14H15NO2S/c1-10-8-12(15)9-11(2)14(10)18(16,17)13-6-4-3-5-7-13/h3-9H,15H2,1-2H3. The van der Waals surface area contributed by atoms with E-state index in [-0.39, 0.29) is 0 Å². The zero-order valence-electron chi connectivity index (χ0n) is 10.3. The molecule has 2 rings (SSSR count). The SMILES string of the molecule is Cc1cc(N)cc(C)c1S(=O)(=O)c1ccccc1. The van der Waals surface area contributed by atoms with Gasteiger partial charge in [-0.15, -0.1) is 0 Å². The summed E-state index contributed by atoms with van der Waals surface area (Å²) in [6.07, 6.45) is 0. The quantitative estimate of drug-likeness (QED) is 0.845. The highest BCUT2D eigenvalue weighted by Crippen LogP contribution is 2.28. The molecule has 2 aromatic rings. The van der Waals surface area contributed by atoms with Crippen LogP contribution in [-0.4, -0.2) is 8.42 Å². The molecule has 0 bridgehead atoms. The summed E-state index contributed by atoms with van der Waals surface area (Å²) in [5, 5.41) is 0. The van der Waals surface area contributed by atoms with Crippen molar-refractivity contribution < 1.29 is 8.42 Å². The highest BCUT2D eigenvalue weighted by molar-refractivity contribution is 7.91. The molecular formula is C14H15NO2S. The topological polar surface area (TPSA) is 60.2 Å². The van der Waals surface area contributed by atoms with Gasteiger partial charge in [0.25, 0.3) is 0 Å². The molecule has 0 heterocycles. The van der Waals surface area contributed by atoms with Crippen molar-refractivity contribution in [1.29, 1.82) is 0 Å². The minimum atomic E-state index is -3.47. The molecule has 0 amide bonds. The summed E-state index contributed by atoms with van der Waals surface area (Å²) in [4.78, 5) is 0.656. The molecule has 4 heteroatoms. The van der Waals surface area contributed by atoms with E-state index in [1.54, 1.807) is 56.3 Å². The molecule has 0 spiro atoms. The smallest absolute Gasteiger partial charge is 0.207 e. The van der Waals surface area contributed by atoms with Crippen molar-refractivity contribution >= 4 is 15.5 Å². The monoisotopic (exact) mass is 261 g/mol. The van der Waals surface area contributed by atoms with Crippen molar-refractivity contribution in [3.63, 3.8) is 0 Å². The van der Waals surface area contributed by atoms with E-state index in [1.165, 1.54) is 0 Å². The number of anilines is 1. The average molecular weight is 261 g/mol. The van der Waals surface area contributed by atoms with Gasteiger partial charge in [-0.25, -0.2) is 8.42 Å². The Kier molecular flexibility index (Phi) is 3.13. The number of aryl methyl sites for hydroxylation is 2. The summed E-state index contributed by atoms with van der Waals surface area (Å²) < 4.78 is 25.1. The molecule has 2 N–H and O–H groups in total. The molecule has 0 fully saturated rings. The summed E-state index contributed by atoms with van der Waals surface area (Å²) in [5.74, 6) is 0. The third kappa shape index (κ3) is 2.11. The van der Waals surface area contributed by atoms with E-state index in [4.69, 9.17) is 5.73 Å². The van der Waals surface area contributed by atoms with Crippen LogP contribution < -0.4 is 5.73 Å². The van der Waals surface area contributed by atoms with Crippen LogP contribution in [0.3, 0.4) is 0 Å². The lowest BCUT2D eigenvalue weighted by atomic mass is 10.1.